The summed E-state index contributed by atoms with van der Waals surface area (Å²) in [5.74, 6) is 0. The molecule has 0 saturated carbocycles. The van der Waals surface area contributed by atoms with Gasteiger partial charge in [-0.05, 0) is 31.0 Å². The zero-order chi connectivity index (χ0) is 11.4. The second-order valence-electron chi connectivity index (χ2n) is 4.32. The molecule has 1 aliphatic rings. The maximum Gasteiger partial charge on any atom is 0.0799 e. The lowest BCUT2D eigenvalue weighted by atomic mass is 9.94. The molecule has 0 radical (unpaired) electrons. The van der Waals surface area contributed by atoms with Gasteiger partial charge in [0, 0.05) is 13.0 Å². The zero-order valence-corrected chi connectivity index (χ0v) is 9.78. The predicted molar refractivity (Wildman–Crippen MR) is 67.3 cm³/mol. The molecule has 0 aliphatic heterocycles. The Hall–Kier alpha value is -1.12. The number of nitrogens with two attached hydrogens (primary N) is 1. The van der Waals surface area contributed by atoms with Crippen LogP contribution in [-0.4, -0.2) is 19.3 Å². The summed E-state index contributed by atoms with van der Waals surface area (Å²) in [4.78, 5) is 0. The topological polar surface area (TPSA) is 35.2 Å². The second kappa shape index (κ2) is 5.28. The van der Waals surface area contributed by atoms with Crippen molar-refractivity contribution in [2.24, 2.45) is 5.73 Å². The maximum atomic E-state index is 5.74. The lowest BCUT2D eigenvalue weighted by Crippen LogP contribution is -2.18. The minimum atomic E-state index is 0.224. The first kappa shape index (κ1) is 11.4. The van der Waals surface area contributed by atoms with Crippen molar-refractivity contribution in [1.29, 1.82) is 0 Å². The van der Waals surface area contributed by atoms with Gasteiger partial charge in [0.05, 0.1) is 6.10 Å². The Morgan fingerprint density at radius 1 is 1.44 bits per heavy atom. The predicted octanol–water partition coefficient (Wildman–Crippen LogP) is 2.30. The molecular formula is C14H19NO. The minimum Gasteiger partial charge on any atom is -0.374 e. The molecular weight excluding hydrogens is 198 g/mol. The van der Waals surface area contributed by atoms with E-state index in [1.165, 1.54) is 16.7 Å². The third-order valence-electron chi connectivity index (χ3n) is 2.89. The van der Waals surface area contributed by atoms with Crippen molar-refractivity contribution < 1.29 is 4.74 Å². The molecule has 2 rings (SSSR count). The first-order valence-corrected chi connectivity index (χ1v) is 5.89. The van der Waals surface area contributed by atoms with E-state index in [2.05, 4.69) is 37.3 Å². The first-order chi connectivity index (χ1) is 7.79. The molecule has 0 aromatic heterocycles. The maximum absolute atomic E-state index is 5.74. The zero-order valence-electron chi connectivity index (χ0n) is 9.78. The Bertz CT molecular complexity index is 384. The van der Waals surface area contributed by atoms with Crippen LogP contribution in [-0.2, 0) is 11.2 Å². The molecule has 0 heterocycles. The van der Waals surface area contributed by atoms with Crippen LogP contribution in [0.4, 0.5) is 0 Å². The van der Waals surface area contributed by atoms with Crippen LogP contribution >= 0.6 is 0 Å². The fraction of sp³-hybridized carbons (Fsp3) is 0.429. The first-order valence-electron chi connectivity index (χ1n) is 5.89. The van der Waals surface area contributed by atoms with Crippen LogP contribution in [0.25, 0.3) is 6.08 Å². The molecule has 0 bridgehead atoms. The summed E-state index contributed by atoms with van der Waals surface area (Å²) in [6, 6.07) is 6.59. The van der Waals surface area contributed by atoms with E-state index in [0.717, 1.165) is 19.4 Å². The average Bonchev–Trinajstić information content (AvgIpc) is 2.29. The quantitative estimate of drug-likeness (QED) is 0.785. The van der Waals surface area contributed by atoms with Crippen LogP contribution in [0, 0.1) is 6.92 Å². The second-order valence-corrected chi connectivity index (χ2v) is 4.32. The standard InChI is InChI=1S/C14H19NO/c1-11-3-4-13-10-14(16-8-2-7-15)6-5-12(13)9-11/h3-6,9,14H,2,7-8,10,15H2,1H3. The lowest BCUT2D eigenvalue weighted by molar-refractivity contribution is 0.0844. The van der Waals surface area contributed by atoms with E-state index in [1.54, 1.807) is 0 Å². The molecule has 0 spiro atoms. The molecule has 1 aromatic carbocycles. The molecule has 1 aromatic rings. The Kier molecular flexibility index (Phi) is 3.75. The number of ether oxygens (including phenoxy) is 1. The fourth-order valence-electron chi connectivity index (χ4n) is 1.98. The number of benzene rings is 1. The third kappa shape index (κ3) is 2.71. The number of aryl methyl sites for hydroxylation is 1. The van der Waals surface area contributed by atoms with Gasteiger partial charge in [0.25, 0.3) is 0 Å². The summed E-state index contributed by atoms with van der Waals surface area (Å²) in [6.45, 7) is 3.58. The van der Waals surface area contributed by atoms with Crippen LogP contribution < -0.4 is 5.73 Å². The highest BCUT2D eigenvalue weighted by Crippen LogP contribution is 2.22. The van der Waals surface area contributed by atoms with Crippen molar-refractivity contribution in [3.05, 3.63) is 41.0 Å². The Labute approximate surface area is 97.1 Å². The van der Waals surface area contributed by atoms with E-state index < -0.39 is 0 Å². The van der Waals surface area contributed by atoms with Gasteiger partial charge < -0.3 is 10.5 Å². The highest BCUT2D eigenvalue weighted by atomic mass is 16.5. The van der Waals surface area contributed by atoms with Crippen molar-refractivity contribution in [3.8, 4) is 0 Å². The van der Waals surface area contributed by atoms with Gasteiger partial charge in [-0.2, -0.15) is 0 Å². The molecule has 2 N–H and O–H groups in total. The molecule has 1 atom stereocenters. The molecule has 2 nitrogen and oxygen atoms in total. The molecule has 0 saturated heterocycles. The van der Waals surface area contributed by atoms with Crippen molar-refractivity contribution in [2.45, 2.75) is 25.9 Å². The van der Waals surface area contributed by atoms with E-state index in [1.807, 2.05) is 0 Å². The van der Waals surface area contributed by atoms with Crippen molar-refractivity contribution in [3.63, 3.8) is 0 Å². The highest BCUT2D eigenvalue weighted by Gasteiger charge is 2.13. The largest absolute Gasteiger partial charge is 0.374 e. The van der Waals surface area contributed by atoms with E-state index in [4.69, 9.17) is 10.5 Å². The summed E-state index contributed by atoms with van der Waals surface area (Å²) in [5.41, 5.74) is 9.46. The van der Waals surface area contributed by atoms with Gasteiger partial charge in [-0.15, -0.1) is 0 Å². The summed E-state index contributed by atoms with van der Waals surface area (Å²) in [6.07, 6.45) is 6.46. The van der Waals surface area contributed by atoms with E-state index in [0.29, 0.717) is 6.54 Å². The van der Waals surface area contributed by atoms with Crippen molar-refractivity contribution in [1.82, 2.24) is 0 Å². The van der Waals surface area contributed by atoms with Crippen LogP contribution in [0.3, 0.4) is 0 Å². The van der Waals surface area contributed by atoms with Crippen molar-refractivity contribution in [2.75, 3.05) is 13.2 Å². The molecule has 1 aliphatic carbocycles. The van der Waals surface area contributed by atoms with Crippen LogP contribution in [0.1, 0.15) is 23.1 Å². The number of fused-ring (bicyclic) bond motifs is 1. The Morgan fingerprint density at radius 3 is 3.12 bits per heavy atom. The summed E-state index contributed by atoms with van der Waals surface area (Å²) < 4.78 is 5.74. The summed E-state index contributed by atoms with van der Waals surface area (Å²) in [7, 11) is 0. The number of hydrogen-bond acceptors (Lipinski definition) is 2. The molecule has 16 heavy (non-hydrogen) atoms. The van der Waals surface area contributed by atoms with Crippen molar-refractivity contribution >= 4 is 6.08 Å². The normalized spacial score (nSPS) is 18.5. The summed E-state index contributed by atoms with van der Waals surface area (Å²) in [5, 5.41) is 0. The van der Waals surface area contributed by atoms with Gasteiger partial charge >= 0.3 is 0 Å². The molecule has 0 fully saturated rings. The molecule has 2 heteroatoms. The minimum absolute atomic E-state index is 0.224. The highest BCUT2D eigenvalue weighted by molar-refractivity contribution is 5.58. The fourth-order valence-corrected chi connectivity index (χ4v) is 1.98. The third-order valence-corrected chi connectivity index (χ3v) is 2.89. The Balaban J connectivity index is 1.99. The van der Waals surface area contributed by atoms with Crippen LogP contribution in [0.2, 0.25) is 0 Å². The average molecular weight is 217 g/mol. The molecule has 86 valence electrons. The van der Waals surface area contributed by atoms with Gasteiger partial charge in [-0.1, -0.05) is 35.9 Å². The molecule has 0 amide bonds. The van der Waals surface area contributed by atoms with Gasteiger partial charge in [-0.25, -0.2) is 0 Å². The van der Waals surface area contributed by atoms with Gasteiger partial charge in [-0.3, -0.25) is 0 Å². The van der Waals surface area contributed by atoms with Gasteiger partial charge in [0.15, 0.2) is 0 Å². The monoisotopic (exact) mass is 217 g/mol. The van der Waals surface area contributed by atoms with E-state index >= 15 is 0 Å². The van der Waals surface area contributed by atoms with Gasteiger partial charge in [0.2, 0.25) is 0 Å². The number of hydrogen-bond donors (Lipinski definition) is 1. The van der Waals surface area contributed by atoms with E-state index in [9.17, 15) is 0 Å². The SMILES string of the molecule is Cc1ccc2c(c1)C=CC(OCCCN)C2. The summed E-state index contributed by atoms with van der Waals surface area (Å²) >= 11 is 0. The smallest absolute Gasteiger partial charge is 0.0799 e. The van der Waals surface area contributed by atoms with Gasteiger partial charge in [0.1, 0.15) is 0 Å². The lowest BCUT2D eigenvalue weighted by Gasteiger charge is -2.20. The van der Waals surface area contributed by atoms with E-state index in [-0.39, 0.29) is 6.10 Å². The number of rotatable bonds is 4. The van der Waals surface area contributed by atoms with Crippen LogP contribution in [0.15, 0.2) is 24.3 Å². The van der Waals surface area contributed by atoms with Crippen LogP contribution in [0.5, 0.6) is 0 Å². The Morgan fingerprint density at radius 2 is 2.31 bits per heavy atom. The molecule has 1 unspecified atom stereocenters.